The van der Waals surface area contributed by atoms with Gasteiger partial charge in [-0.2, -0.15) is 5.26 Å². The summed E-state index contributed by atoms with van der Waals surface area (Å²) in [5.41, 5.74) is 1.07. The standard InChI is InChI=1S/C16H12N2O4/c1-10-3-4-12(8-15(10)18(20)21)7-13(9-17)16(19)14-5-6-22-11(14)2/h3-8H,1-2H3/b13-7+. The van der Waals surface area contributed by atoms with Gasteiger partial charge in [0.05, 0.1) is 16.7 Å². The average molecular weight is 296 g/mol. The van der Waals surface area contributed by atoms with Gasteiger partial charge < -0.3 is 4.42 Å². The smallest absolute Gasteiger partial charge is 0.272 e. The highest BCUT2D eigenvalue weighted by Crippen LogP contribution is 2.22. The summed E-state index contributed by atoms with van der Waals surface area (Å²) < 4.78 is 5.05. The van der Waals surface area contributed by atoms with Crippen molar-refractivity contribution in [2.24, 2.45) is 0 Å². The molecular formula is C16H12N2O4. The van der Waals surface area contributed by atoms with Crippen LogP contribution in [0.2, 0.25) is 0 Å². The molecule has 1 heterocycles. The van der Waals surface area contributed by atoms with Crippen molar-refractivity contribution in [1.29, 1.82) is 5.26 Å². The van der Waals surface area contributed by atoms with Crippen molar-refractivity contribution in [3.05, 3.63) is 68.7 Å². The van der Waals surface area contributed by atoms with E-state index in [1.165, 1.54) is 24.5 Å². The fourth-order valence-electron chi connectivity index (χ4n) is 1.99. The Morgan fingerprint density at radius 3 is 2.64 bits per heavy atom. The number of carbonyl (C=O) groups is 1. The van der Waals surface area contributed by atoms with Gasteiger partial charge in [0.2, 0.25) is 5.78 Å². The molecule has 0 unspecified atom stereocenters. The van der Waals surface area contributed by atoms with Crippen molar-refractivity contribution in [2.45, 2.75) is 13.8 Å². The molecule has 6 nitrogen and oxygen atoms in total. The van der Waals surface area contributed by atoms with Crippen LogP contribution in [0.25, 0.3) is 6.08 Å². The Morgan fingerprint density at radius 2 is 2.09 bits per heavy atom. The van der Waals surface area contributed by atoms with Gasteiger partial charge in [-0.3, -0.25) is 14.9 Å². The Bertz CT molecular complexity index is 825. The van der Waals surface area contributed by atoms with Crippen LogP contribution in [0, 0.1) is 35.3 Å². The van der Waals surface area contributed by atoms with E-state index < -0.39 is 10.7 Å². The van der Waals surface area contributed by atoms with E-state index in [1.807, 2.05) is 6.07 Å². The number of hydrogen-bond donors (Lipinski definition) is 0. The number of aryl methyl sites for hydroxylation is 2. The zero-order valence-electron chi connectivity index (χ0n) is 12.0. The number of Topliss-reactive ketones (excluding diaryl/α,β-unsaturated/α-hetero) is 1. The molecule has 0 saturated heterocycles. The van der Waals surface area contributed by atoms with E-state index >= 15 is 0 Å². The van der Waals surface area contributed by atoms with Crippen LogP contribution in [-0.2, 0) is 0 Å². The van der Waals surface area contributed by atoms with Crippen LogP contribution in [0.3, 0.4) is 0 Å². The van der Waals surface area contributed by atoms with Crippen LogP contribution in [0.15, 0.2) is 40.5 Å². The van der Waals surface area contributed by atoms with Gasteiger partial charge in [-0.15, -0.1) is 0 Å². The maximum absolute atomic E-state index is 12.3. The number of benzene rings is 1. The molecule has 22 heavy (non-hydrogen) atoms. The third-order valence-electron chi connectivity index (χ3n) is 3.21. The quantitative estimate of drug-likeness (QED) is 0.282. The summed E-state index contributed by atoms with van der Waals surface area (Å²) >= 11 is 0. The zero-order valence-corrected chi connectivity index (χ0v) is 12.0. The summed E-state index contributed by atoms with van der Waals surface area (Å²) in [4.78, 5) is 22.7. The number of hydrogen-bond acceptors (Lipinski definition) is 5. The highest BCUT2D eigenvalue weighted by Gasteiger charge is 2.17. The largest absolute Gasteiger partial charge is 0.469 e. The van der Waals surface area contributed by atoms with Gasteiger partial charge in [0, 0.05) is 11.6 Å². The second kappa shape index (κ2) is 6.06. The molecule has 1 aromatic heterocycles. The molecule has 0 N–H and O–H groups in total. The normalized spacial score (nSPS) is 11.0. The van der Waals surface area contributed by atoms with Gasteiger partial charge in [0.1, 0.15) is 17.4 Å². The summed E-state index contributed by atoms with van der Waals surface area (Å²) in [6.45, 7) is 3.25. The van der Waals surface area contributed by atoms with Crippen molar-refractivity contribution >= 4 is 17.5 Å². The molecule has 0 aliphatic carbocycles. The van der Waals surface area contributed by atoms with Crippen LogP contribution in [-0.4, -0.2) is 10.7 Å². The molecule has 1 aromatic carbocycles. The Balaban J connectivity index is 2.44. The minimum Gasteiger partial charge on any atom is -0.469 e. The molecule has 0 bridgehead atoms. The van der Waals surface area contributed by atoms with Crippen LogP contribution >= 0.6 is 0 Å². The topological polar surface area (TPSA) is 97.1 Å². The summed E-state index contributed by atoms with van der Waals surface area (Å²) in [6, 6.07) is 7.85. The Hall–Kier alpha value is -3.20. The van der Waals surface area contributed by atoms with Crippen LogP contribution in [0.4, 0.5) is 5.69 Å². The Morgan fingerprint density at radius 1 is 1.36 bits per heavy atom. The van der Waals surface area contributed by atoms with Crippen LogP contribution < -0.4 is 0 Å². The average Bonchev–Trinajstić information content (AvgIpc) is 2.91. The summed E-state index contributed by atoms with van der Waals surface area (Å²) in [7, 11) is 0. The lowest BCUT2D eigenvalue weighted by Crippen LogP contribution is -2.02. The van der Waals surface area contributed by atoms with E-state index in [0.717, 1.165) is 0 Å². The highest BCUT2D eigenvalue weighted by molar-refractivity contribution is 6.14. The first kappa shape index (κ1) is 15.2. The molecule has 2 aromatic rings. The summed E-state index contributed by atoms with van der Waals surface area (Å²) in [5, 5.41) is 20.1. The van der Waals surface area contributed by atoms with Crippen molar-refractivity contribution in [1.82, 2.24) is 0 Å². The molecular weight excluding hydrogens is 284 g/mol. The van der Waals surface area contributed by atoms with Crippen LogP contribution in [0.1, 0.15) is 27.2 Å². The first-order chi connectivity index (χ1) is 10.4. The fourth-order valence-corrected chi connectivity index (χ4v) is 1.99. The van der Waals surface area contributed by atoms with E-state index in [-0.39, 0.29) is 11.3 Å². The number of nitriles is 1. The molecule has 2 rings (SSSR count). The van der Waals surface area contributed by atoms with E-state index in [9.17, 15) is 20.2 Å². The van der Waals surface area contributed by atoms with E-state index in [0.29, 0.717) is 22.5 Å². The first-order valence-electron chi connectivity index (χ1n) is 6.39. The van der Waals surface area contributed by atoms with Gasteiger partial charge in [0.25, 0.3) is 5.69 Å². The zero-order chi connectivity index (χ0) is 16.3. The number of nitrogens with zero attached hydrogens (tertiary/aromatic N) is 2. The van der Waals surface area contributed by atoms with E-state index in [4.69, 9.17) is 4.42 Å². The first-order valence-corrected chi connectivity index (χ1v) is 6.39. The second-order valence-corrected chi connectivity index (χ2v) is 4.69. The van der Waals surface area contributed by atoms with Crippen molar-refractivity contribution in [2.75, 3.05) is 0 Å². The minimum absolute atomic E-state index is 0.0574. The number of nitro benzene ring substituents is 1. The maximum atomic E-state index is 12.3. The SMILES string of the molecule is Cc1ccc(/C=C(\C#N)C(=O)c2ccoc2C)cc1[N+](=O)[O-]. The number of furan rings is 1. The number of nitro groups is 1. The minimum atomic E-state index is -0.499. The number of allylic oxidation sites excluding steroid dienone is 1. The molecule has 6 heteroatoms. The van der Waals surface area contributed by atoms with Crippen molar-refractivity contribution in [3.63, 3.8) is 0 Å². The summed E-state index contributed by atoms with van der Waals surface area (Å²) in [6.07, 6.45) is 2.70. The van der Waals surface area contributed by atoms with Crippen molar-refractivity contribution in [3.8, 4) is 6.07 Å². The third-order valence-corrected chi connectivity index (χ3v) is 3.21. The Kier molecular flexibility index (Phi) is 4.18. The molecule has 0 saturated carbocycles. The molecule has 0 fully saturated rings. The molecule has 0 atom stereocenters. The molecule has 0 spiro atoms. The second-order valence-electron chi connectivity index (χ2n) is 4.69. The maximum Gasteiger partial charge on any atom is 0.272 e. The number of carbonyl (C=O) groups excluding carboxylic acids is 1. The van der Waals surface area contributed by atoms with Gasteiger partial charge in [-0.1, -0.05) is 12.1 Å². The van der Waals surface area contributed by atoms with Gasteiger partial charge in [-0.25, -0.2) is 0 Å². The number of ketones is 1. The monoisotopic (exact) mass is 296 g/mol. The predicted molar refractivity (Wildman–Crippen MR) is 79.2 cm³/mol. The fraction of sp³-hybridized carbons (Fsp3) is 0.125. The van der Waals surface area contributed by atoms with E-state index in [1.54, 1.807) is 26.0 Å². The van der Waals surface area contributed by atoms with Crippen LogP contribution in [0.5, 0.6) is 0 Å². The molecule has 0 aliphatic heterocycles. The van der Waals surface area contributed by atoms with E-state index in [2.05, 4.69) is 0 Å². The van der Waals surface area contributed by atoms with Crippen molar-refractivity contribution < 1.29 is 14.1 Å². The van der Waals surface area contributed by atoms with Gasteiger partial charge in [0.15, 0.2) is 0 Å². The molecule has 0 amide bonds. The molecule has 0 aliphatic rings. The van der Waals surface area contributed by atoms with Gasteiger partial charge in [-0.05, 0) is 31.6 Å². The molecule has 0 radical (unpaired) electrons. The molecule has 110 valence electrons. The van der Waals surface area contributed by atoms with Gasteiger partial charge >= 0.3 is 0 Å². The Labute approximate surface area is 126 Å². The lowest BCUT2D eigenvalue weighted by atomic mass is 10.0. The highest BCUT2D eigenvalue weighted by atomic mass is 16.6. The predicted octanol–water partition coefficient (Wildman–Crippen LogP) is 3.59. The lowest BCUT2D eigenvalue weighted by Gasteiger charge is -2.01. The lowest BCUT2D eigenvalue weighted by molar-refractivity contribution is -0.385. The number of rotatable bonds is 4. The summed E-state index contributed by atoms with van der Waals surface area (Å²) in [5.74, 6) is -0.0574. The third kappa shape index (κ3) is 2.94.